The van der Waals surface area contributed by atoms with Gasteiger partial charge in [-0.2, -0.15) is 0 Å². The molecule has 0 aromatic carbocycles. The standard InChI is InChI=1S/C9H10N2O2S/c1-6-5-13-7(11-6)9(2,12)8-10-3-4-14-8/h3-5,12H,1-2H3. The quantitative estimate of drug-likeness (QED) is 0.819. The molecule has 74 valence electrons. The molecule has 0 radical (unpaired) electrons. The van der Waals surface area contributed by atoms with Gasteiger partial charge >= 0.3 is 0 Å². The number of oxazole rings is 1. The highest BCUT2D eigenvalue weighted by molar-refractivity contribution is 7.09. The third-order valence-electron chi connectivity index (χ3n) is 1.88. The van der Waals surface area contributed by atoms with E-state index in [1.165, 1.54) is 17.6 Å². The zero-order valence-corrected chi connectivity index (χ0v) is 8.71. The lowest BCUT2D eigenvalue weighted by molar-refractivity contribution is 0.0705. The molecule has 0 aliphatic heterocycles. The maximum absolute atomic E-state index is 10.2. The molecule has 0 aliphatic rings. The van der Waals surface area contributed by atoms with Gasteiger partial charge in [-0.1, -0.05) is 0 Å². The molecule has 0 spiro atoms. The zero-order chi connectivity index (χ0) is 10.2. The summed E-state index contributed by atoms with van der Waals surface area (Å²) in [6.45, 7) is 3.43. The molecule has 5 heteroatoms. The Morgan fingerprint density at radius 3 is 2.86 bits per heavy atom. The van der Waals surface area contributed by atoms with Crippen LogP contribution in [0.5, 0.6) is 0 Å². The number of aromatic nitrogens is 2. The van der Waals surface area contributed by atoms with E-state index in [1.54, 1.807) is 18.5 Å². The molecule has 2 aromatic heterocycles. The molecule has 1 atom stereocenters. The number of nitrogens with zero attached hydrogens (tertiary/aromatic N) is 2. The third kappa shape index (κ3) is 1.44. The molecule has 0 saturated heterocycles. The number of hydrogen-bond donors (Lipinski definition) is 1. The topological polar surface area (TPSA) is 59.2 Å². The molecule has 2 heterocycles. The summed E-state index contributed by atoms with van der Waals surface area (Å²) in [5.74, 6) is 0.282. The summed E-state index contributed by atoms with van der Waals surface area (Å²) < 4.78 is 5.16. The van der Waals surface area contributed by atoms with E-state index in [9.17, 15) is 5.11 Å². The number of aliphatic hydroxyl groups is 1. The van der Waals surface area contributed by atoms with Crippen molar-refractivity contribution in [2.24, 2.45) is 0 Å². The monoisotopic (exact) mass is 210 g/mol. The molecule has 2 rings (SSSR count). The van der Waals surface area contributed by atoms with Gasteiger partial charge in [-0.05, 0) is 13.8 Å². The summed E-state index contributed by atoms with van der Waals surface area (Å²) in [7, 11) is 0. The Kier molecular flexibility index (Phi) is 2.13. The summed E-state index contributed by atoms with van der Waals surface area (Å²) in [5.41, 5.74) is -0.487. The third-order valence-corrected chi connectivity index (χ3v) is 2.87. The van der Waals surface area contributed by atoms with Crippen molar-refractivity contribution >= 4 is 11.3 Å². The average Bonchev–Trinajstić information content (AvgIpc) is 2.72. The molecular formula is C9H10N2O2S. The van der Waals surface area contributed by atoms with Gasteiger partial charge in [0.25, 0.3) is 0 Å². The van der Waals surface area contributed by atoms with Crippen LogP contribution in [0.2, 0.25) is 0 Å². The van der Waals surface area contributed by atoms with E-state index < -0.39 is 5.60 Å². The summed E-state index contributed by atoms with van der Waals surface area (Å²) in [4.78, 5) is 8.13. The molecule has 0 bridgehead atoms. The smallest absolute Gasteiger partial charge is 0.233 e. The van der Waals surface area contributed by atoms with Crippen LogP contribution in [0.1, 0.15) is 23.5 Å². The van der Waals surface area contributed by atoms with Crippen LogP contribution in [0.15, 0.2) is 22.3 Å². The van der Waals surface area contributed by atoms with E-state index in [0.717, 1.165) is 5.69 Å². The number of rotatable bonds is 2. The molecule has 0 amide bonds. The predicted molar refractivity (Wildman–Crippen MR) is 52.0 cm³/mol. The van der Waals surface area contributed by atoms with E-state index >= 15 is 0 Å². The SMILES string of the molecule is Cc1coc(C(C)(O)c2nccs2)n1. The molecular weight excluding hydrogens is 200 g/mol. The van der Waals surface area contributed by atoms with Gasteiger partial charge < -0.3 is 9.52 Å². The Hall–Kier alpha value is -1.20. The lowest BCUT2D eigenvalue weighted by atomic mass is 10.1. The number of thiazole rings is 1. The summed E-state index contributed by atoms with van der Waals surface area (Å²) in [6, 6.07) is 0. The fourth-order valence-electron chi connectivity index (χ4n) is 1.13. The van der Waals surface area contributed by atoms with Crippen molar-refractivity contribution in [1.29, 1.82) is 0 Å². The molecule has 2 aromatic rings. The van der Waals surface area contributed by atoms with E-state index in [1.807, 2.05) is 6.92 Å². The molecule has 1 N–H and O–H groups in total. The van der Waals surface area contributed by atoms with Crippen molar-refractivity contribution < 1.29 is 9.52 Å². The fourth-order valence-corrected chi connectivity index (χ4v) is 1.82. The van der Waals surface area contributed by atoms with Crippen molar-refractivity contribution in [2.75, 3.05) is 0 Å². The summed E-state index contributed by atoms with van der Waals surface area (Å²) >= 11 is 1.37. The average molecular weight is 210 g/mol. The van der Waals surface area contributed by atoms with Gasteiger partial charge in [-0.15, -0.1) is 11.3 Å². The Bertz CT molecular complexity index is 420. The highest BCUT2D eigenvalue weighted by atomic mass is 32.1. The molecule has 1 unspecified atom stereocenters. The number of hydrogen-bond acceptors (Lipinski definition) is 5. The fraction of sp³-hybridized carbons (Fsp3) is 0.333. The van der Waals surface area contributed by atoms with Crippen LogP contribution in [-0.2, 0) is 5.60 Å². The van der Waals surface area contributed by atoms with Crippen LogP contribution in [0.25, 0.3) is 0 Å². The van der Waals surface area contributed by atoms with Crippen LogP contribution < -0.4 is 0 Å². The Labute approximate surface area is 85.3 Å². The van der Waals surface area contributed by atoms with Crippen LogP contribution in [-0.4, -0.2) is 15.1 Å². The van der Waals surface area contributed by atoms with Gasteiger partial charge in [0.2, 0.25) is 5.89 Å². The van der Waals surface area contributed by atoms with Crippen molar-refractivity contribution in [3.63, 3.8) is 0 Å². The van der Waals surface area contributed by atoms with Crippen LogP contribution in [0.3, 0.4) is 0 Å². The largest absolute Gasteiger partial charge is 0.445 e. The Balaban J connectivity index is 2.42. The molecule has 14 heavy (non-hydrogen) atoms. The minimum atomic E-state index is -1.23. The summed E-state index contributed by atoms with van der Waals surface area (Å²) in [5, 5.41) is 12.5. The summed E-state index contributed by atoms with van der Waals surface area (Å²) in [6.07, 6.45) is 3.15. The van der Waals surface area contributed by atoms with E-state index in [2.05, 4.69) is 9.97 Å². The Morgan fingerprint density at radius 1 is 1.57 bits per heavy atom. The van der Waals surface area contributed by atoms with Crippen LogP contribution >= 0.6 is 11.3 Å². The predicted octanol–water partition coefficient (Wildman–Crippen LogP) is 1.70. The van der Waals surface area contributed by atoms with Gasteiger partial charge in [0.05, 0.1) is 5.69 Å². The lowest BCUT2D eigenvalue weighted by Gasteiger charge is -2.15. The minimum absolute atomic E-state index is 0.282. The highest BCUT2D eigenvalue weighted by Gasteiger charge is 2.33. The first kappa shape index (κ1) is 9.36. The van der Waals surface area contributed by atoms with E-state index in [4.69, 9.17) is 4.42 Å². The van der Waals surface area contributed by atoms with Gasteiger partial charge in [0, 0.05) is 11.6 Å². The molecule has 0 saturated carbocycles. The minimum Gasteiger partial charge on any atom is -0.445 e. The molecule has 0 aliphatic carbocycles. The van der Waals surface area contributed by atoms with Gasteiger partial charge in [0.15, 0.2) is 5.60 Å². The highest BCUT2D eigenvalue weighted by Crippen LogP contribution is 2.29. The van der Waals surface area contributed by atoms with Gasteiger partial charge in [-0.25, -0.2) is 9.97 Å². The maximum atomic E-state index is 10.2. The van der Waals surface area contributed by atoms with Crippen molar-refractivity contribution in [1.82, 2.24) is 9.97 Å². The normalized spacial score (nSPS) is 15.4. The number of aryl methyl sites for hydroxylation is 1. The van der Waals surface area contributed by atoms with Crippen molar-refractivity contribution in [2.45, 2.75) is 19.4 Å². The second-order valence-corrected chi connectivity index (χ2v) is 4.10. The second-order valence-electron chi connectivity index (χ2n) is 3.20. The maximum Gasteiger partial charge on any atom is 0.233 e. The van der Waals surface area contributed by atoms with Crippen molar-refractivity contribution in [3.8, 4) is 0 Å². The van der Waals surface area contributed by atoms with Crippen LogP contribution in [0.4, 0.5) is 0 Å². The van der Waals surface area contributed by atoms with Crippen LogP contribution in [0, 0.1) is 6.92 Å². The first-order valence-corrected chi connectivity index (χ1v) is 5.03. The van der Waals surface area contributed by atoms with Crippen molar-refractivity contribution in [3.05, 3.63) is 34.4 Å². The first-order chi connectivity index (χ1) is 6.60. The second kappa shape index (κ2) is 3.18. The van der Waals surface area contributed by atoms with Gasteiger partial charge in [0.1, 0.15) is 11.3 Å². The van der Waals surface area contributed by atoms with E-state index in [-0.39, 0.29) is 5.89 Å². The lowest BCUT2D eigenvalue weighted by Crippen LogP contribution is -2.22. The Morgan fingerprint density at radius 2 is 2.36 bits per heavy atom. The first-order valence-electron chi connectivity index (χ1n) is 4.15. The van der Waals surface area contributed by atoms with E-state index in [0.29, 0.717) is 5.01 Å². The zero-order valence-electron chi connectivity index (χ0n) is 7.89. The van der Waals surface area contributed by atoms with Gasteiger partial charge in [-0.3, -0.25) is 0 Å². The molecule has 0 fully saturated rings. The molecule has 4 nitrogen and oxygen atoms in total.